The molecule has 3 rings (SSSR count). The topological polar surface area (TPSA) is 121 Å². The van der Waals surface area contributed by atoms with Gasteiger partial charge in [-0.25, -0.2) is 0 Å². The molecule has 3 aromatic rings. The van der Waals surface area contributed by atoms with Crippen molar-refractivity contribution in [2.45, 2.75) is 25.2 Å². The molecule has 2 unspecified atom stereocenters. The first kappa shape index (κ1) is 19.2. The SMILES string of the molecule is CC(c1ccc(O)c(O)c1)C(Cc1ccc(O)c(O)c1)c1ccc(O)c(O)c1. The largest absolute Gasteiger partial charge is 0.504 e. The van der Waals surface area contributed by atoms with E-state index < -0.39 is 0 Å². The van der Waals surface area contributed by atoms with E-state index in [2.05, 4.69) is 0 Å². The van der Waals surface area contributed by atoms with E-state index in [1.54, 1.807) is 18.2 Å². The summed E-state index contributed by atoms with van der Waals surface area (Å²) in [4.78, 5) is 0. The number of benzene rings is 3. The van der Waals surface area contributed by atoms with Gasteiger partial charge < -0.3 is 30.6 Å². The maximum atomic E-state index is 9.93. The molecule has 0 amide bonds. The van der Waals surface area contributed by atoms with E-state index in [0.717, 1.165) is 16.7 Å². The quantitative estimate of drug-likeness (QED) is 0.370. The number of aromatic hydroxyl groups is 6. The fourth-order valence-electron chi connectivity index (χ4n) is 3.36. The first-order valence-corrected chi connectivity index (χ1v) is 8.81. The summed E-state index contributed by atoms with van der Waals surface area (Å²) in [6.45, 7) is 1.95. The number of hydrogen-bond acceptors (Lipinski definition) is 6. The van der Waals surface area contributed by atoms with Gasteiger partial charge in [0, 0.05) is 0 Å². The molecule has 3 aromatic carbocycles. The van der Waals surface area contributed by atoms with E-state index in [1.807, 2.05) is 6.92 Å². The summed E-state index contributed by atoms with van der Waals surface area (Å²) in [6.07, 6.45) is 0.459. The summed E-state index contributed by atoms with van der Waals surface area (Å²) in [7, 11) is 0. The van der Waals surface area contributed by atoms with Crippen LogP contribution in [0.4, 0.5) is 0 Å². The van der Waals surface area contributed by atoms with Gasteiger partial charge in [0.2, 0.25) is 0 Å². The minimum absolute atomic E-state index is 0.147. The van der Waals surface area contributed by atoms with Crippen molar-refractivity contribution >= 4 is 0 Å². The molecular formula is C22H22O6. The van der Waals surface area contributed by atoms with Crippen molar-refractivity contribution in [3.8, 4) is 34.5 Å². The average molecular weight is 382 g/mol. The third kappa shape index (κ3) is 3.91. The van der Waals surface area contributed by atoms with Crippen molar-refractivity contribution in [3.63, 3.8) is 0 Å². The van der Waals surface area contributed by atoms with Crippen LogP contribution in [0.1, 0.15) is 35.4 Å². The van der Waals surface area contributed by atoms with Crippen LogP contribution in [0.15, 0.2) is 54.6 Å². The third-order valence-corrected chi connectivity index (χ3v) is 5.05. The second-order valence-electron chi connectivity index (χ2n) is 6.92. The smallest absolute Gasteiger partial charge is 0.157 e. The van der Waals surface area contributed by atoms with Crippen LogP contribution in [0.25, 0.3) is 0 Å². The van der Waals surface area contributed by atoms with Gasteiger partial charge in [-0.1, -0.05) is 25.1 Å². The zero-order chi connectivity index (χ0) is 20.4. The van der Waals surface area contributed by atoms with Gasteiger partial charge in [-0.3, -0.25) is 0 Å². The molecule has 0 spiro atoms. The highest BCUT2D eigenvalue weighted by atomic mass is 16.3. The molecule has 6 N–H and O–H groups in total. The van der Waals surface area contributed by atoms with Crippen molar-refractivity contribution in [1.29, 1.82) is 0 Å². The van der Waals surface area contributed by atoms with Crippen LogP contribution in [0.5, 0.6) is 34.5 Å². The van der Waals surface area contributed by atoms with Crippen LogP contribution in [-0.4, -0.2) is 30.6 Å². The lowest BCUT2D eigenvalue weighted by atomic mass is 9.78. The minimum atomic E-state index is -0.239. The Morgan fingerprint density at radius 1 is 0.571 bits per heavy atom. The van der Waals surface area contributed by atoms with Crippen molar-refractivity contribution < 1.29 is 30.6 Å². The van der Waals surface area contributed by atoms with Gasteiger partial charge >= 0.3 is 0 Å². The molecule has 0 heterocycles. The van der Waals surface area contributed by atoms with Crippen molar-refractivity contribution in [2.24, 2.45) is 0 Å². The highest BCUT2D eigenvalue weighted by molar-refractivity contribution is 5.46. The van der Waals surface area contributed by atoms with Crippen molar-refractivity contribution in [1.82, 2.24) is 0 Å². The number of hydrogen-bond donors (Lipinski definition) is 6. The van der Waals surface area contributed by atoms with Crippen LogP contribution in [0, 0.1) is 0 Å². The number of phenolic OH excluding ortho intramolecular Hbond substituents is 6. The van der Waals surface area contributed by atoms with E-state index >= 15 is 0 Å². The molecule has 28 heavy (non-hydrogen) atoms. The molecule has 2 atom stereocenters. The van der Waals surface area contributed by atoms with E-state index in [0.29, 0.717) is 6.42 Å². The van der Waals surface area contributed by atoms with Gasteiger partial charge in [-0.2, -0.15) is 0 Å². The Balaban J connectivity index is 2.02. The lowest BCUT2D eigenvalue weighted by molar-refractivity contribution is 0.400. The van der Waals surface area contributed by atoms with E-state index in [1.165, 1.54) is 36.4 Å². The maximum absolute atomic E-state index is 9.93. The van der Waals surface area contributed by atoms with Crippen LogP contribution in [0.2, 0.25) is 0 Å². The first-order chi connectivity index (χ1) is 13.3. The van der Waals surface area contributed by atoms with Crippen molar-refractivity contribution in [2.75, 3.05) is 0 Å². The number of phenols is 6. The Bertz CT molecular complexity index is 998. The van der Waals surface area contributed by atoms with Gasteiger partial charge in [0.25, 0.3) is 0 Å². The molecule has 146 valence electrons. The fourth-order valence-corrected chi connectivity index (χ4v) is 3.36. The van der Waals surface area contributed by atoms with E-state index in [9.17, 15) is 30.6 Å². The fraction of sp³-hybridized carbons (Fsp3) is 0.182. The summed E-state index contributed by atoms with van der Waals surface area (Å²) in [5.74, 6) is -1.67. The second kappa shape index (κ2) is 7.60. The highest BCUT2D eigenvalue weighted by Crippen LogP contribution is 2.41. The Kier molecular flexibility index (Phi) is 5.22. The first-order valence-electron chi connectivity index (χ1n) is 8.81. The Morgan fingerprint density at radius 2 is 1.04 bits per heavy atom. The molecule has 0 aliphatic carbocycles. The lowest BCUT2D eigenvalue weighted by Gasteiger charge is -2.26. The second-order valence-corrected chi connectivity index (χ2v) is 6.92. The molecule has 0 saturated carbocycles. The van der Waals surface area contributed by atoms with E-state index in [4.69, 9.17) is 0 Å². The van der Waals surface area contributed by atoms with Gasteiger partial charge in [-0.05, 0) is 71.3 Å². The molecule has 6 heteroatoms. The Labute approximate surface area is 162 Å². The molecule has 6 nitrogen and oxygen atoms in total. The number of rotatable bonds is 5. The molecule has 0 bridgehead atoms. The predicted molar refractivity (Wildman–Crippen MR) is 104 cm³/mol. The van der Waals surface area contributed by atoms with Crippen molar-refractivity contribution in [3.05, 3.63) is 71.3 Å². The monoisotopic (exact) mass is 382 g/mol. The summed E-state index contributed by atoms with van der Waals surface area (Å²) in [5.41, 5.74) is 2.29. The zero-order valence-corrected chi connectivity index (χ0v) is 15.2. The van der Waals surface area contributed by atoms with Gasteiger partial charge in [0.1, 0.15) is 0 Å². The summed E-state index contributed by atoms with van der Waals surface area (Å²) in [6, 6.07) is 13.8. The Hall–Kier alpha value is -3.54. The summed E-state index contributed by atoms with van der Waals surface area (Å²) in [5, 5.41) is 58.3. The van der Waals surface area contributed by atoms with Gasteiger partial charge in [-0.15, -0.1) is 0 Å². The molecule has 0 fully saturated rings. The molecule has 0 aliphatic heterocycles. The Morgan fingerprint density at radius 3 is 1.57 bits per heavy atom. The van der Waals surface area contributed by atoms with Crippen LogP contribution >= 0.6 is 0 Å². The molecular weight excluding hydrogens is 360 g/mol. The minimum Gasteiger partial charge on any atom is -0.504 e. The summed E-state index contributed by atoms with van der Waals surface area (Å²) >= 11 is 0. The van der Waals surface area contributed by atoms with Crippen LogP contribution in [-0.2, 0) is 6.42 Å². The van der Waals surface area contributed by atoms with E-state index in [-0.39, 0.29) is 46.3 Å². The lowest BCUT2D eigenvalue weighted by Crippen LogP contribution is -2.12. The van der Waals surface area contributed by atoms with Crippen LogP contribution in [0.3, 0.4) is 0 Å². The molecule has 0 saturated heterocycles. The van der Waals surface area contributed by atoms with Crippen LogP contribution < -0.4 is 0 Å². The third-order valence-electron chi connectivity index (χ3n) is 5.05. The van der Waals surface area contributed by atoms with Gasteiger partial charge in [0.15, 0.2) is 34.5 Å². The molecule has 0 aromatic heterocycles. The molecule has 0 radical (unpaired) electrons. The zero-order valence-electron chi connectivity index (χ0n) is 15.2. The van der Waals surface area contributed by atoms with Gasteiger partial charge in [0.05, 0.1) is 0 Å². The maximum Gasteiger partial charge on any atom is 0.157 e. The standard InChI is InChI=1S/C22H22O6/c1-12(14-3-6-18(24)21(27)10-14)16(15-4-7-19(25)22(28)11-15)8-13-2-5-17(23)20(26)9-13/h2-7,9-12,16,23-28H,8H2,1H3. The normalized spacial score (nSPS) is 13.2. The highest BCUT2D eigenvalue weighted by Gasteiger charge is 2.24. The predicted octanol–water partition coefficient (Wildman–Crippen LogP) is 4.05. The average Bonchev–Trinajstić information content (AvgIpc) is 2.66. The summed E-state index contributed by atoms with van der Waals surface area (Å²) < 4.78 is 0. The molecule has 0 aliphatic rings.